The van der Waals surface area contributed by atoms with Crippen molar-refractivity contribution in [2.45, 2.75) is 18.7 Å². The Morgan fingerprint density at radius 3 is 2.44 bits per heavy atom. The Bertz CT molecular complexity index is 1060. The van der Waals surface area contributed by atoms with Gasteiger partial charge < -0.3 is 4.18 Å². The van der Waals surface area contributed by atoms with Crippen LogP contribution in [-0.4, -0.2) is 26.4 Å². The summed E-state index contributed by atoms with van der Waals surface area (Å²) in [6.07, 6.45) is 1.62. The molecule has 0 radical (unpaired) electrons. The van der Waals surface area contributed by atoms with Gasteiger partial charge in [-0.25, -0.2) is 4.98 Å². The second kappa shape index (κ2) is 7.50. The molecule has 0 N–H and O–H groups in total. The lowest BCUT2D eigenvalue weighted by Crippen LogP contribution is -2.25. The van der Waals surface area contributed by atoms with Gasteiger partial charge in [0.2, 0.25) is 0 Å². The van der Waals surface area contributed by atoms with Gasteiger partial charge in [-0.05, 0) is 55.3 Å². The number of amides is 1. The van der Waals surface area contributed by atoms with Crippen molar-refractivity contribution in [2.75, 3.05) is 11.9 Å². The topological polar surface area (TPSA) is 76.6 Å². The maximum atomic E-state index is 12.6. The number of carbonyl (C=O) groups is 1. The molecule has 1 amide bonds. The molecule has 0 saturated carbocycles. The monoisotopic (exact) mass is 402 g/mol. The van der Waals surface area contributed by atoms with Crippen molar-refractivity contribution in [3.63, 3.8) is 0 Å². The minimum atomic E-state index is -3.96. The van der Waals surface area contributed by atoms with Gasteiger partial charge in [-0.2, -0.15) is 8.42 Å². The summed E-state index contributed by atoms with van der Waals surface area (Å²) < 4.78 is 30.3. The van der Waals surface area contributed by atoms with Crippen LogP contribution in [0, 0.1) is 13.8 Å². The fraction of sp³-hybridized carbons (Fsp3) is 0.158. The lowest BCUT2D eigenvalue weighted by Gasteiger charge is -2.14. The molecular formula is C19H18N2O4S2. The van der Waals surface area contributed by atoms with Crippen LogP contribution in [0.15, 0.2) is 58.9 Å². The fourth-order valence-corrected chi connectivity index (χ4v) is 4.32. The standard InChI is InChI=1S/C19H18N2O4S2/c1-13-4-5-14(2)17(12-13)27(23,24)25-16-8-6-15(7-9-16)18(22)21(3)19-20-10-11-26-19/h4-12H,1-3H3. The summed E-state index contributed by atoms with van der Waals surface area (Å²) in [5, 5.41) is 2.37. The van der Waals surface area contributed by atoms with Gasteiger partial charge in [0.15, 0.2) is 5.13 Å². The highest BCUT2D eigenvalue weighted by molar-refractivity contribution is 7.87. The van der Waals surface area contributed by atoms with E-state index in [0.717, 1.165) is 5.56 Å². The van der Waals surface area contributed by atoms with Gasteiger partial charge in [0.05, 0.1) is 0 Å². The first-order chi connectivity index (χ1) is 12.8. The lowest BCUT2D eigenvalue weighted by atomic mass is 10.2. The molecule has 27 heavy (non-hydrogen) atoms. The highest BCUT2D eigenvalue weighted by atomic mass is 32.2. The molecule has 0 unspecified atom stereocenters. The number of anilines is 1. The fourth-order valence-electron chi connectivity index (χ4n) is 2.46. The van der Waals surface area contributed by atoms with Gasteiger partial charge in [0.1, 0.15) is 10.6 Å². The zero-order valence-corrected chi connectivity index (χ0v) is 16.7. The van der Waals surface area contributed by atoms with E-state index in [1.165, 1.54) is 40.5 Å². The number of hydrogen-bond donors (Lipinski definition) is 0. The first kappa shape index (κ1) is 19.1. The Morgan fingerprint density at radius 2 is 1.81 bits per heavy atom. The Balaban J connectivity index is 1.79. The van der Waals surface area contributed by atoms with Gasteiger partial charge in [-0.3, -0.25) is 9.69 Å². The molecule has 0 aliphatic carbocycles. The Morgan fingerprint density at radius 1 is 1.11 bits per heavy atom. The predicted octanol–water partition coefficient (Wildman–Crippen LogP) is 3.80. The summed E-state index contributed by atoms with van der Waals surface area (Å²) in [7, 11) is -2.32. The minimum Gasteiger partial charge on any atom is -0.379 e. The SMILES string of the molecule is Cc1ccc(C)c(S(=O)(=O)Oc2ccc(C(=O)N(C)c3nccs3)cc2)c1. The zero-order valence-electron chi connectivity index (χ0n) is 15.0. The first-order valence-corrected chi connectivity index (χ1v) is 10.4. The van der Waals surface area contributed by atoms with Crippen molar-refractivity contribution < 1.29 is 17.4 Å². The Kier molecular flexibility index (Phi) is 5.29. The molecule has 140 valence electrons. The van der Waals surface area contributed by atoms with E-state index in [1.807, 2.05) is 13.0 Å². The molecule has 6 nitrogen and oxygen atoms in total. The third kappa shape index (κ3) is 4.17. The normalized spacial score (nSPS) is 11.2. The average Bonchev–Trinajstić information content (AvgIpc) is 3.17. The highest BCUT2D eigenvalue weighted by Gasteiger charge is 2.20. The van der Waals surface area contributed by atoms with Gasteiger partial charge in [0, 0.05) is 24.2 Å². The van der Waals surface area contributed by atoms with Crippen molar-refractivity contribution in [1.82, 2.24) is 4.98 Å². The molecule has 2 aromatic carbocycles. The second-order valence-electron chi connectivity index (χ2n) is 6.01. The molecule has 0 saturated heterocycles. The molecule has 0 aliphatic rings. The summed E-state index contributed by atoms with van der Waals surface area (Å²) in [6.45, 7) is 3.53. The van der Waals surface area contributed by atoms with Crippen molar-refractivity contribution in [1.29, 1.82) is 0 Å². The number of nitrogens with zero attached hydrogens (tertiary/aromatic N) is 2. The van der Waals surface area contributed by atoms with Gasteiger partial charge in [-0.1, -0.05) is 12.1 Å². The van der Waals surface area contributed by atoms with Crippen LogP contribution in [0.5, 0.6) is 5.75 Å². The Labute approximate surface area is 162 Å². The van der Waals surface area contributed by atoms with Crippen molar-refractivity contribution in [3.8, 4) is 5.75 Å². The van der Waals surface area contributed by atoms with E-state index in [1.54, 1.807) is 37.7 Å². The molecule has 0 spiro atoms. The third-order valence-corrected chi connectivity index (χ3v) is 6.17. The van der Waals surface area contributed by atoms with Crippen molar-refractivity contribution in [3.05, 3.63) is 70.7 Å². The van der Waals surface area contributed by atoms with Crippen LogP contribution in [0.4, 0.5) is 5.13 Å². The van der Waals surface area contributed by atoms with Crippen LogP contribution in [-0.2, 0) is 10.1 Å². The molecule has 1 aromatic heterocycles. The van der Waals surface area contributed by atoms with E-state index in [9.17, 15) is 13.2 Å². The predicted molar refractivity (Wildman–Crippen MR) is 105 cm³/mol. The van der Waals surface area contributed by atoms with E-state index >= 15 is 0 Å². The smallest absolute Gasteiger partial charge is 0.339 e. The number of thiazole rings is 1. The van der Waals surface area contributed by atoms with Gasteiger partial charge in [0.25, 0.3) is 5.91 Å². The number of rotatable bonds is 5. The van der Waals surface area contributed by atoms with Gasteiger partial charge in [-0.15, -0.1) is 11.3 Å². The summed E-state index contributed by atoms with van der Waals surface area (Å²) in [5.41, 5.74) is 1.84. The third-order valence-electron chi connectivity index (χ3n) is 3.93. The van der Waals surface area contributed by atoms with E-state index < -0.39 is 10.1 Å². The molecule has 0 fully saturated rings. The van der Waals surface area contributed by atoms with E-state index in [-0.39, 0.29) is 16.6 Å². The molecule has 3 aromatic rings. The van der Waals surface area contributed by atoms with Crippen molar-refractivity contribution in [2.24, 2.45) is 0 Å². The minimum absolute atomic E-state index is 0.131. The number of carbonyl (C=O) groups excluding carboxylic acids is 1. The quantitative estimate of drug-likeness (QED) is 0.607. The average molecular weight is 402 g/mol. The summed E-state index contributed by atoms with van der Waals surface area (Å²) >= 11 is 1.36. The molecule has 0 atom stereocenters. The van der Waals surface area contributed by atoms with Crippen molar-refractivity contribution >= 4 is 32.5 Å². The van der Waals surface area contributed by atoms with Gasteiger partial charge >= 0.3 is 10.1 Å². The Hall–Kier alpha value is -2.71. The second-order valence-corrected chi connectivity index (χ2v) is 8.40. The summed E-state index contributed by atoms with van der Waals surface area (Å²) in [6, 6.07) is 11.1. The van der Waals surface area contributed by atoms with Crippen LogP contribution in [0.25, 0.3) is 0 Å². The summed E-state index contributed by atoms with van der Waals surface area (Å²) in [4.78, 5) is 18.1. The first-order valence-electron chi connectivity index (χ1n) is 8.07. The maximum Gasteiger partial charge on any atom is 0.339 e. The van der Waals surface area contributed by atoms with Crippen LogP contribution in [0.1, 0.15) is 21.5 Å². The molecule has 3 rings (SSSR count). The number of aryl methyl sites for hydroxylation is 2. The largest absolute Gasteiger partial charge is 0.379 e. The van der Waals surface area contributed by atoms with E-state index in [0.29, 0.717) is 16.3 Å². The van der Waals surface area contributed by atoms with Crippen LogP contribution < -0.4 is 9.08 Å². The number of hydrogen-bond acceptors (Lipinski definition) is 6. The maximum absolute atomic E-state index is 12.6. The number of benzene rings is 2. The molecule has 0 bridgehead atoms. The van der Waals surface area contributed by atoms with E-state index in [2.05, 4.69) is 4.98 Å². The van der Waals surface area contributed by atoms with Crippen LogP contribution in [0.2, 0.25) is 0 Å². The molecule has 8 heteroatoms. The van der Waals surface area contributed by atoms with Crippen LogP contribution >= 0.6 is 11.3 Å². The highest BCUT2D eigenvalue weighted by Crippen LogP contribution is 2.24. The number of aromatic nitrogens is 1. The molecule has 0 aliphatic heterocycles. The summed E-state index contributed by atoms with van der Waals surface area (Å²) in [5.74, 6) is -0.0988. The van der Waals surface area contributed by atoms with Crippen LogP contribution in [0.3, 0.4) is 0 Å². The molecular weight excluding hydrogens is 384 g/mol. The van der Waals surface area contributed by atoms with E-state index in [4.69, 9.17) is 4.18 Å². The molecule has 1 heterocycles. The zero-order chi connectivity index (χ0) is 19.6. The lowest BCUT2D eigenvalue weighted by molar-refractivity contribution is 0.0993.